The van der Waals surface area contributed by atoms with Gasteiger partial charge in [-0.05, 0) is 32.3 Å². The highest BCUT2D eigenvalue weighted by Crippen LogP contribution is 2.18. The van der Waals surface area contributed by atoms with Crippen molar-refractivity contribution < 1.29 is 4.74 Å². The Bertz CT molecular complexity index is 412. The Hall–Kier alpha value is -1.77. The number of nitrogens with two attached hydrogens (primary N) is 1. The zero-order valence-corrected chi connectivity index (χ0v) is 10.9. The highest BCUT2D eigenvalue weighted by atomic mass is 16.5. The lowest BCUT2D eigenvalue weighted by Gasteiger charge is -2.11. The van der Waals surface area contributed by atoms with Crippen LogP contribution in [-0.4, -0.2) is 45.3 Å². The molecule has 3 N–H and O–H groups in total. The summed E-state index contributed by atoms with van der Waals surface area (Å²) in [4.78, 5) is 2.08. The van der Waals surface area contributed by atoms with Gasteiger partial charge in [0.05, 0.1) is 36.2 Å². The van der Waals surface area contributed by atoms with Gasteiger partial charge in [0.25, 0.3) is 0 Å². The molecule has 98 valence electrons. The third-order valence-electron chi connectivity index (χ3n) is 2.43. The van der Waals surface area contributed by atoms with Gasteiger partial charge in [-0.3, -0.25) is 0 Å². The Labute approximate surface area is 108 Å². The third kappa shape index (κ3) is 5.04. The van der Waals surface area contributed by atoms with E-state index in [4.69, 9.17) is 15.7 Å². The lowest BCUT2D eigenvalue weighted by Crippen LogP contribution is -2.20. The van der Waals surface area contributed by atoms with Crippen molar-refractivity contribution >= 4 is 11.4 Å². The molecule has 0 aliphatic rings. The molecule has 0 unspecified atom stereocenters. The van der Waals surface area contributed by atoms with Gasteiger partial charge < -0.3 is 20.7 Å². The molecule has 0 heterocycles. The summed E-state index contributed by atoms with van der Waals surface area (Å²) in [5.74, 6) is 0. The minimum absolute atomic E-state index is 0.570. The van der Waals surface area contributed by atoms with Gasteiger partial charge >= 0.3 is 0 Å². The highest BCUT2D eigenvalue weighted by Gasteiger charge is 1.99. The van der Waals surface area contributed by atoms with Crippen LogP contribution in [0.1, 0.15) is 5.56 Å². The van der Waals surface area contributed by atoms with Crippen molar-refractivity contribution in [3.05, 3.63) is 23.8 Å². The van der Waals surface area contributed by atoms with Crippen LogP contribution in [-0.2, 0) is 4.74 Å². The lowest BCUT2D eigenvalue weighted by molar-refractivity contribution is 0.126. The van der Waals surface area contributed by atoms with E-state index in [1.807, 2.05) is 20.2 Å². The van der Waals surface area contributed by atoms with E-state index in [1.165, 1.54) is 0 Å². The van der Waals surface area contributed by atoms with E-state index in [9.17, 15) is 0 Å². The molecule has 1 rings (SSSR count). The first-order chi connectivity index (χ1) is 8.63. The molecule has 1 aromatic rings. The molecule has 1 aromatic carbocycles. The molecule has 5 nitrogen and oxygen atoms in total. The molecule has 0 radical (unpaired) electrons. The SMILES string of the molecule is CN(C)CCOCCNc1ccc(C#N)cc1N. The summed E-state index contributed by atoms with van der Waals surface area (Å²) in [5.41, 5.74) is 7.81. The van der Waals surface area contributed by atoms with Crippen LogP contribution < -0.4 is 11.1 Å². The van der Waals surface area contributed by atoms with Gasteiger partial charge in [0.15, 0.2) is 0 Å². The summed E-state index contributed by atoms with van der Waals surface area (Å²) in [6.45, 7) is 2.97. The number of benzene rings is 1. The Morgan fingerprint density at radius 3 is 2.78 bits per heavy atom. The second kappa shape index (κ2) is 7.54. The number of anilines is 2. The van der Waals surface area contributed by atoms with Crippen LogP contribution in [0.25, 0.3) is 0 Å². The normalized spacial score (nSPS) is 10.3. The molecule has 0 amide bonds. The predicted octanol–water partition coefficient (Wildman–Crippen LogP) is 1.13. The monoisotopic (exact) mass is 248 g/mol. The standard InChI is InChI=1S/C13H20N4O/c1-17(2)6-8-18-7-5-16-13-4-3-11(10-14)9-12(13)15/h3-4,9,16H,5-8,15H2,1-2H3. The van der Waals surface area contributed by atoms with Crippen molar-refractivity contribution in [3.63, 3.8) is 0 Å². The number of hydrogen-bond acceptors (Lipinski definition) is 5. The maximum atomic E-state index is 8.72. The first-order valence-corrected chi connectivity index (χ1v) is 5.89. The Balaban J connectivity index is 2.25. The fraction of sp³-hybridized carbons (Fsp3) is 0.462. The van der Waals surface area contributed by atoms with Crippen molar-refractivity contribution in [1.29, 1.82) is 5.26 Å². The van der Waals surface area contributed by atoms with Crippen LogP contribution in [0.2, 0.25) is 0 Å². The van der Waals surface area contributed by atoms with Crippen LogP contribution in [0.5, 0.6) is 0 Å². The van der Waals surface area contributed by atoms with Gasteiger partial charge in [-0.15, -0.1) is 0 Å². The van der Waals surface area contributed by atoms with E-state index in [-0.39, 0.29) is 0 Å². The zero-order chi connectivity index (χ0) is 13.4. The van der Waals surface area contributed by atoms with Crippen molar-refractivity contribution in [2.24, 2.45) is 0 Å². The van der Waals surface area contributed by atoms with Crippen LogP contribution in [0.4, 0.5) is 11.4 Å². The number of nitrogen functional groups attached to an aromatic ring is 1. The van der Waals surface area contributed by atoms with Gasteiger partial charge in [0.1, 0.15) is 0 Å². The second-order valence-corrected chi connectivity index (χ2v) is 4.26. The predicted molar refractivity (Wildman–Crippen MR) is 73.4 cm³/mol. The number of nitrogens with one attached hydrogen (secondary N) is 1. The van der Waals surface area contributed by atoms with Gasteiger partial charge in [0, 0.05) is 13.1 Å². The van der Waals surface area contributed by atoms with E-state index >= 15 is 0 Å². The van der Waals surface area contributed by atoms with E-state index in [2.05, 4.69) is 16.3 Å². The van der Waals surface area contributed by atoms with Crippen LogP contribution in [0.3, 0.4) is 0 Å². The number of likely N-dealkylation sites (N-methyl/N-ethyl adjacent to an activating group) is 1. The molecule has 0 fully saturated rings. The van der Waals surface area contributed by atoms with Crippen molar-refractivity contribution in [3.8, 4) is 6.07 Å². The summed E-state index contributed by atoms with van der Waals surface area (Å²) in [6.07, 6.45) is 0. The van der Waals surface area contributed by atoms with E-state index in [0.717, 1.165) is 18.8 Å². The first-order valence-electron chi connectivity index (χ1n) is 5.89. The smallest absolute Gasteiger partial charge is 0.0992 e. The molecule has 0 aromatic heterocycles. The van der Waals surface area contributed by atoms with Crippen LogP contribution in [0, 0.1) is 11.3 Å². The molecule has 0 atom stereocenters. The zero-order valence-electron chi connectivity index (χ0n) is 10.9. The molecule has 0 saturated heterocycles. The summed E-state index contributed by atoms with van der Waals surface area (Å²) < 4.78 is 5.45. The van der Waals surface area contributed by atoms with Gasteiger partial charge in [-0.25, -0.2) is 0 Å². The maximum absolute atomic E-state index is 8.72. The van der Waals surface area contributed by atoms with Gasteiger partial charge in [-0.1, -0.05) is 0 Å². The number of ether oxygens (including phenoxy) is 1. The minimum Gasteiger partial charge on any atom is -0.397 e. The lowest BCUT2D eigenvalue weighted by atomic mass is 10.2. The third-order valence-corrected chi connectivity index (χ3v) is 2.43. The number of nitriles is 1. The summed E-state index contributed by atoms with van der Waals surface area (Å²) in [5, 5.41) is 11.9. The first kappa shape index (κ1) is 14.3. The Morgan fingerprint density at radius 2 is 2.17 bits per heavy atom. The fourth-order valence-electron chi connectivity index (χ4n) is 1.40. The minimum atomic E-state index is 0.570. The van der Waals surface area contributed by atoms with Crippen molar-refractivity contribution in [1.82, 2.24) is 4.90 Å². The molecule has 5 heteroatoms. The summed E-state index contributed by atoms with van der Waals surface area (Å²) >= 11 is 0. The highest BCUT2D eigenvalue weighted by molar-refractivity contribution is 5.68. The quantitative estimate of drug-likeness (QED) is 0.559. The molecular formula is C13H20N4O. The van der Waals surface area contributed by atoms with E-state index in [1.54, 1.807) is 12.1 Å². The van der Waals surface area contributed by atoms with Crippen LogP contribution in [0.15, 0.2) is 18.2 Å². The average Bonchev–Trinajstić information content (AvgIpc) is 2.34. The molecule has 18 heavy (non-hydrogen) atoms. The molecular weight excluding hydrogens is 228 g/mol. The molecule has 0 aliphatic carbocycles. The molecule has 0 aliphatic heterocycles. The number of rotatable bonds is 7. The van der Waals surface area contributed by atoms with E-state index in [0.29, 0.717) is 24.4 Å². The second-order valence-electron chi connectivity index (χ2n) is 4.26. The summed E-state index contributed by atoms with van der Waals surface area (Å²) in [6, 6.07) is 7.27. The Kier molecular flexibility index (Phi) is 5.98. The maximum Gasteiger partial charge on any atom is 0.0992 e. The van der Waals surface area contributed by atoms with Crippen molar-refractivity contribution in [2.75, 3.05) is 51.4 Å². The molecule has 0 bridgehead atoms. The topological polar surface area (TPSA) is 74.3 Å². The molecule has 0 saturated carbocycles. The Morgan fingerprint density at radius 1 is 1.39 bits per heavy atom. The van der Waals surface area contributed by atoms with Crippen LogP contribution >= 0.6 is 0 Å². The van der Waals surface area contributed by atoms with E-state index < -0.39 is 0 Å². The summed E-state index contributed by atoms with van der Waals surface area (Å²) in [7, 11) is 4.03. The van der Waals surface area contributed by atoms with Gasteiger partial charge in [0.2, 0.25) is 0 Å². The number of nitrogens with zero attached hydrogens (tertiary/aromatic N) is 2. The number of hydrogen-bond donors (Lipinski definition) is 2. The van der Waals surface area contributed by atoms with Gasteiger partial charge in [-0.2, -0.15) is 5.26 Å². The van der Waals surface area contributed by atoms with Crippen molar-refractivity contribution in [2.45, 2.75) is 0 Å². The molecule has 0 spiro atoms. The fourth-order valence-corrected chi connectivity index (χ4v) is 1.40. The average molecular weight is 248 g/mol. The largest absolute Gasteiger partial charge is 0.397 e.